The number of aromatic nitrogens is 2. The normalized spacial score (nSPS) is 14.8. The molecule has 114 valence electrons. The quantitative estimate of drug-likeness (QED) is 0.872. The third-order valence-electron chi connectivity index (χ3n) is 3.68. The highest BCUT2D eigenvalue weighted by Gasteiger charge is 2.18. The van der Waals surface area contributed by atoms with Gasteiger partial charge in [0, 0.05) is 16.2 Å². The van der Waals surface area contributed by atoms with Crippen LogP contribution in [-0.4, -0.2) is 22.1 Å². The summed E-state index contributed by atoms with van der Waals surface area (Å²) in [5.74, 6) is 0.462. The van der Waals surface area contributed by atoms with E-state index < -0.39 is 0 Å². The van der Waals surface area contributed by atoms with Crippen LogP contribution >= 0.6 is 15.9 Å². The second-order valence-corrected chi connectivity index (χ2v) is 6.31. The molecule has 1 heterocycles. The summed E-state index contributed by atoms with van der Waals surface area (Å²) in [5, 5.41) is 14.2. The zero-order valence-electron chi connectivity index (χ0n) is 12.1. The lowest BCUT2D eigenvalue weighted by molar-refractivity contribution is 0.0932. The molecule has 0 atom stereocenters. The second kappa shape index (κ2) is 6.87. The predicted molar refractivity (Wildman–Crippen MR) is 89.2 cm³/mol. The van der Waals surface area contributed by atoms with Crippen LogP contribution in [0.5, 0.6) is 0 Å². The molecule has 2 aromatic rings. The Bertz CT molecular complexity index is 653. The number of halogens is 1. The molecule has 1 aliphatic carbocycles. The minimum Gasteiger partial charge on any atom is -0.348 e. The van der Waals surface area contributed by atoms with Crippen LogP contribution in [-0.2, 0) is 0 Å². The van der Waals surface area contributed by atoms with Crippen molar-refractivity contribution in [1.29, 1.82) is 0 Å². The number of carbonyl (C=O) groups excluding carboxylic acids is 1. The first-order chi connectivity index (χ1) is 10.7. The van der Waals surface area contributed by atoms with Gasteiger partial charge in [-0.25, -0.2) is 0 Å². The van der Waals surface area contributed by atoms with E-state index in [0.717, 1.165) is 23.0 Å². The minimum absolute atomic E-state index is 0.145. The molecular weight excluding hydrogens is 344 g/mol. The van der Waals surface area contributed by atoms with Crippen LogP contribution in [0.3, 0.4) is 0 Å². The lowest BCUT2D eigenvalue weighted by atomic mass is 10.2. The maximum atomic E-state index is 12.1. The Morgan fingerprint density at radius 1 is 1.14 bits per heavy atom. The molecule has 2 N–H and O–H groups in total. The monoisotopic (exact) mass is 360 g/mol. The van der Waals surface area contributed by atoms with Gasteiger partial charge in [-0.15, -0.1) is 10.2 Å². The number of hydrogen-bond donors (Lipinski definition) is 2. The highest BCUT2D eigenvalue weighted by atomic mass is 79.9. The van der Waals surface area contributed by atoms with E-state index in [-0.39, 0.29) is 11.9 Å². The molecule has 0 aliphatic heterocycles. The molecule has 0 radical (unpaired) electrons. The smallest absolute Gasteiger partial charge is 0.272 e. The molecule has 1 fully saturated rings. The predicted octanol–water partition coefficient (Wildman–Crippen LogP) is 3.66. The van der Waals surface area contributed by atoms with Gasteiger partial charge in [-0.1, -0.05) is 34.8 Å². The molecule has 6 heteroatoms. The number of benzene rings is 1. The molecule has 1 aliphatic rings. The summed E-state index contributed by atoms with van der Waals surface area (Å²) in [6, 6.07) is 11.5. The Morgan fingerprint density at radius 3 is 2.64 bits per heavy atom. The summed E-state index contributed by atoms with van der Waals surface area (Å²) in [7, 11) is 0. The largest absolute Gasteiger partial charge is 0.348 e. The Labute approximate surface area is 137 Å². The fourth-order valence-corrected chi connectivity index (χ4v) is 2.96. The Kier molecular flexibility index (Phi) is 4.68. The van der Waals surface area contributed by atoms with E-state index in [0.29, 0.717) is 11.5 Å². The van der Waals surface area contributed by atoms with Crippen molar-refractivity contribution in [1.82, 2.24) is 15.5 Å². The number of amides is 1. The average Bonchev–Trinajstić information content (AvgIpc) is 3.01. The summed E-state index contributed by atoms with van der Waals surface area (Å²) in [6.45, 7) is 0. The molecule has 0 spiro atoms. The van der Waals surface area contributed by atoms with Gasteiger partial charge < -0.3 is 10.6 Å². The van der Waals surface area contributed by atoms with Crippen LogP contribution in [0.1, 0.15) is 36.2 Å². The van der Waals surface area contributed by atoms with Crippen LogP contribution in [0.4, 0.5) is 11.5 Å². The summed E-state index contributed by atoms with van der Waals surface area (Å²) >= 11 is 3.42. The average molecular weight is 361 g/mol. The topological polar surface area (TPSA) is 66.9 Å². The molecule has 3 rings (SSSR count). The van der Waals surface area contributed by atoms with Crippen molar-refractivity contribution >= 4 is 33.3 Å². The molecule has 0 saturated heterocycles. The van der Waals surface area contributed by atoms with Gasteiger partial charge in [-0.3, -0.25) is 4.79 Å². The van der Waals surface area contributed by atoms with E-state index in [1.165, 1.54) is 12.8 Å². The first-order valence-corrected chi connectivity index (χ1v) is 8.17. The second-order valence-electron chi connectivity index (χ2n) is 5.39. The molecule has 22 heavy (non-hydrogen) atoms. The molecule has 1 amide bonds. The molecule has 5 nitrogen and oxygen atoms in total. The van der Waals surface area contributed by atoms with Gasteiger partial charge in [0.15, 0.2) is 11.5 Å². The summed E-state index contributed by atoms with van der Waals surface area (Å²) in [6.07, 6.45) is 4.49. The number of carbonyl (C=O) groups is 1. The van der Waals surface area contributed by atoms with Crippen molar-refractivity contribution < 1.29 is 4.79 Å². The lowest BCUT2D eigenvalue weighted by Crippen LogP contribution is -2.33. The molecule has 1 aromatic heterocycles. The molecular formula is C16H17BrN4O. The summed E-state index contributed by atoms with van der Waals surface area (Å²) < 4.78 is 0.984. The zero-order valence-corrected chi connectivity index (χ0v) is 13.6. The summed E-state index contributed by atoms with van der Waals surface area (Å²) in [4.78, 5) is 12.1. The van der Waals surface area contributed by atoms with E-state index in [9.17, 15) is 4.79 Å². The zero-order chi connectivity index (χ0) is 15.4. The SMILES string of the molecule is O=C(NC1CCCC1)c1ccc(Nc2cccc(Br)c2)nn1. The Morgan fingerprint density at radius 2 is 1.95 bits per heavy atom. The third-order valence-corrected chi connectivity index (χ3v) is 4.18. The van der Waals surface area contributed by atoms with E-state index in [2.05, 4.69) is 36.8 Å². The van der Waals surface area contributed by atoms with E-state index in [1.807, 2.05) is 24.3 Å². The molecule has 0 bridgehead atoms. The van der Waals surface area contributed by atoms with Crippen molar-refractivity contribution in [2.24, 2.45) is 0 Å². The standard InChI is InChI=1S/C16H17BrN4O/c17-11-4-3-7-13(10-11)18-15-9-8-14(20-21-15)16(22)19-12-5-1-2-6-12/h3-4,7-10,12H,1-2,5-6H2,(H,18,21)(H,19,22). The number of anilines is 2. The number of rotatable bonds is 4. The van der Waals surface area contributed by atoms with Gasteiger partial charge >= 0.3 is 0 Å². The first-order valence-electron chi connectivity index (χ1n) is 7.38. The van der Waals surface area contributed by atoms with E-state index >= 15 is 0 Å². The van der Waals surface area contributed by atoms with Crippen molar-refractivity contribution in [3.63, 3.8) is 0 Å². The van der Waals surface area contributed by atoms with Gasteiger partial charge in [0.2, 0.25) is 0 Å². The lowest BCUT2D eigenvalue weighted by Gasteiger charge is -2.11. The van der Waals surface area contributed by atoms with Crippen LogP contribution in [0, 0.1) is 0 Å². The van der Waals surface area contributed by atoms with Crippen molar-refractivity contribution in [2.45, 2.75) is 31.7 Å². The molecule has 1 aromatic carbocycles. The van der Waals surface area contributed by atoms with E-state index in [4.69, 9.17) is 0 Å². The van der Waals surface area contributed by atoms with Crippen LogP contribution in [0.15, 0.2) is 40.9 Å². The molecule has 0 unspecified atom stereocenters. The number of hydrogen-bond acceptors (Lipinski definition) is 4. The fraction of sp³-hybridized carbons (Fsp3) is 0.312. The van der Waals surface area contributed by atoms with Crippen molar-refractivity contribution in [3.8, 4) is 0 Å². The van der Waals surface area contributed by atoms with Crippen molar-refractivity contribution in [3.05, 3.63) is 46.6 Å². The van der Waals surface area contributed by atoms with Gasteiger partial charge in [-0.05, 0) is 43.2 Å². The first kappa shape index (κ1) is 15.0. The minimum atomic E-state index is -0.145. The van der Waals surface area contributed by atoms with Gasteiger partial charge in [-0.2, -0.15) is 0 Å². The Hall–Kier alpha value is -1.95. The van der Waals surface area contributed by atoms with Gasteiger partial charge in [0.1, 0.15) is 0 Å². The van der Waals surface area contributed by atoms with Crippen molar-refractivity contribution in [2.75, 3.05) is 5.32 Å². The number of nitrogens with one attached hydrogen (secondary N) is 2. The summed E-state index contributed by atoms with van der Waals surface area (Å²) in [5.41, 5.74) is 1.26. The maximum Gasteiger partial charge on any atom is 0.272 e. The van der Waals surface area contributed by atoms with Crippen LogP contribution in [0.2, 0.25) is 0 Å². The maximum absolute atomic E-state index is 12.1. The Balaban J connectivity index is 1.63. The molecule has 1 saturated carbocycles. The highest BCUT2D eigenvalue weighted by Crippen LogP contribution is 2.20. The van der Waals surface area contributed by atoms with E-state index in [1.54, 1.807) is 12.1 Å². The fourth-order valence-electron chi connectivity index (χ4n) is 2.56. The third kappa shape index (κ3) is 3.82. The van der Waals surface area contributed by atoms with Gasteiger partial charge in [0.25, 0.3) is 5.91 Å². The van der Waals surface area contributed by atoms with Crippen LogP contribution in [0.25, 0.3) is 0 Å². The van der Waals surface area contributed by atoms with Gasteiger partial charge in [0.05, 0.1) is 0 Å². The highest BCUT2D eigenvalue weighted by molar-refractivity contribution is 9.10. The van der Waals surface area contributed by atoms with Crippen LogP contribution < -0.4 is 10.6 Å². The number of nitrogens with zero attached hydrogens (tertiary/aromatic N) is 2.